The third kappa shape index (κ3) is 2.68. The predicted octanol–water partition coefficient (Wildman–Crippen LogP) is 3.14. The lowest BCUT2D eigenvalue weighted by Crippen LogP contribution is -2.38. The molecule has 2 aromatic rings. The standard InChI is InChI=1S/C16H19N3O2/c1-11-12-6-2-3-7-13(12)15(19-18-11)17-16(10-14(20)21)8-4-5-9-16/h2-3,6-7H,4-5,8-10H2,1H3,(H,17,19)(H,20,21). The molecule has 1 fully saturated rings. The summed E-state index contributed by atoms with van der Waals surface area (Å²) >= 11 is 0. The number of aryl methyl sites for hydroxylation is 1. The average molecular weight is 285 g/mol. The Morgan fingerprint density at radius 3 is 2.57 bits per heavy atom. The van der Waals surface area contributed by atoms with E-state index in [0.717, 1.165) is 42.1 Å². The zero-order chi connectivity index (χ0) is 14.9. The Labute approximate surface area is 123 Å². The minimum absolute atomic E-state index is 0.122. The first-order chi connectivity index (χ1) is 10.1. The number of carboxylic acid groups (broad SMARTS) is 1. The van der Waals surface area contributed by atoms with Crippen LogP contribution in [0.1, 0.15) is 37.8 Å². The van der Waals surface area contributed by atoms with Gasteiger partial charge in [0, 0.05) is 16.3 Å². The number of hydrogen-bond acceptors (Lipinski definition) is 4. The molecule has 0 unspecified atom stereocenters. The molecule has 5 heteroatoms. The van der Waals surface area contributed by atoms with Crippen LogP contribution in [0, 0.1) is 6.92 Å². The van der Waals surface area contributed by atoms with Crippen LogP contribution >= 0.6 is 0 Å². The maximum Gasteiger partial charge on any atom is 0.305 e. The number of nitrogens with zero attached hydrogens (tertiary/aromatic N) is 2. The zero-order valence-electron chi connectivity index (χ0n) is 12.1. The number of fused-ring (bicyclic) bond motifs is 1. The van der Waals surface area contributed by atoms with Gasteiger partial charge in [0.15, 0.2) is 5.82 Å². The van der Waals surface area contributed by atoms with Crippen molar-refractivity contribution in [1.82, 2.24) is 10.2 Å². The molecule has 2 N–H and O–H groups in total. The van der Waals surface area contributed by atoms with E-state index in [-0.39, 0.29) is 6.42 Å². The van der Waals surface area contributed by atoms with Gasteiger partial charge >= 0.3 is 5.97 Å². The summed E-state index contributed by atoms with van der Waals surface area (Å²) in [4.78, 5) is 11.2. The van der Waals surface area contributed by atoms with Crippen LogP contribution in [0.15, 0.2) is 24.3 Å². The summed E-state index contributed by atoms with van der Waals surface area (Å²) in [5.41, 5.74) is 0.494. The molecule has 1 aliphatic carbocycles. The second-order valence-electron chi connectivity index (χ2n) is 5.86. The number of anilines is 1. The van der Waals surface area contributed by atoms with Gasteiger partial charge < -0.3 is 10.4 Å². The van der Waals surface area contributed by atoms with Gasteiger partial charge in [0.2, 0.25) is 0 Å². The van der Waals surface area contributed by atoms with E-state index in [0.29, 0.717) is 5.82 Å². The number of aliphatic carboxylic acids is 1. The molecule has 1 heterocycles. The van der Waals surface area contributed by atoms with Crippen molar-refractivity contribution in [1.29, 1.82) is 0 Å². The summed E-state index contributed by atoms with van der Waals surface area (Å²) in [5.74, 6) is -0.0758. The van der Waals surface area contributed by atoms with Gasteiger partial charge in [-0.15, -0.1) is 5.10 Å². The van der Waals surface area contributed by atoms with E-state index in [1.165, 1.54) is 0 Å². The third-order valence-corrected chi connectivity index (χ3v) is 4.31. The van der Waals surface area contributed by atoms with Gasteiger partial charge in [-0.1, -0.05) is 37.1 Å². The summed E-state index contributed by atoms with van der Waals surface area (Å²) in [6.07, 6.45) is 3.96. The molecule has 3 rings (SSSR count). The van der Waals surface area contributed by atoms with Crippen molar-refractivity contribution in [2.45, 2.75) is 44.6 Å². The van der Waals surface area contributed by atoms with E-state index < -0.39 is 11.5 Å². The van der Waals surface area contributed by atoms with E-state index in [4.69, 9.17) is 0 Å². The Kier molecular flexibility index (Phi) is 3.49. The fourth-order valence-corrected chi connectivity index (χ4v) is 3.27. The van der Waals surface area contributed by atoms with E-state index in [1.54, 1.807) is 0 Å². The molecule has 1 aliphatic rings. The maximum absolute atomic E-state index is 11.2. The summed E-state index contributed by atoms with van der Waals surface area (Å²) in [5, 5.41) is 23.1. The Hall–Kier alpha value is -2.17. The molecule has 5 nitrogen and oxygen atoms in total. The smallest absolute Gasteiger partial charge is 0.305 e. The van der Waals surface area contributed by atoms with Gasteiger partial charge in [-0.05, 0) is 19.8 Å². The Morgan fingerprint density at radius 2 is 1.90 bits per heavy atom. The maximum atomic E-state index is 11.2. The second-order valence-corrected chi connectivity index (χ2v) is 5.86. The van der Waals surface area contributed by atoms with Gasteiger partial charge in [-0.2, -0.15) is 5.10 Å². The van der Waals surface area contributed by atoms with Gasteiger partial charge in [0.05, 0.1) is 12.1 Å². The topological polar surface area (TPSA) is 75.1 Å². The van der Waals surface area contributed by atoms with Crippen molar-refractivity contribution in [3.8, 4) is 0 Å². The van der Waals surface area contributed by atoms with Gasteiger partial charge in [-0.3, -0.25) is 4.79 Å². The predicted molar refractivity (Wildman–Crippen MR) is 81.3 cm³/mol. The molecule has 0 atom stereocenters. The summed E-state index contributed by atoms with van der Waals surface area (Å²) in [6, 6.07) is 7.96. The molecule has 21 heavy (non-hydrogen) atoms. The van der Waals surface area contributed by atoms with Crippen LogP contribution < -0.4 is 5.32 Å². The van der Waals surface area contributed by atoms with E-state index >= 15 is 0 Å². The first-order valence-electron chi connectivity index (χ1n) is 7.32. The molecular formula is C16H19N3O2. The molecule has 110 valence electrons. The fourth-order valence-electron chi connectivity index (χ4n) is 3.27. The van der Waals surface area contributed by atoms with Crippen LogP contribution in [0.2, 0.25) is 0 Å². The number of carbonyl (C=O) groups is 1. The summed E-state index contributed by atoms with van der Waals surface area (Å²) < 4.78 is 0. The van der Waals surface area contributed by atoms with Crippen molar-refractivity contribution in [2.24, 2.45) is 0 Å². The first-order valence-corrected chi connectivity index (χ1v) is 7.32. The molecule has 1 saturated carbocycles. The minimum atomic E-state index is -0.770. The molecule has 0 amide bonds. The van der Waals surface area contributed by atoms with Crippen molar-refractivity contribution < 1.29 is 9.90 Å². The monoisotopic (exact) mass is 285 g/mol. The first kappa shape index (κ1) is 13.8. The average Bonchev–Trinajstić information content (AvgIpc) is 2.90. The quantitative estimate of drug-likeness (QED) is 0.902. The summed E-state index contributed by atoms with van der Waals surface area (Å²) in [6.45, 7) is 1.93. The van der Waals surface area contributed by atoms with Crippen LogP contribution in [-0.4, -0.2) is 26.8 Å². The van der Waals surface area contributed by atoms with Crippen LogP contribution in [0.3, 0.4) is 0 Å². The molecule has 0 bridgehead atoms. The molecule has 0 aliphatic heterocycles. The lowest BCUT2D eigenvalue weighted by atomic mass is 9.93. The third-order valence-electron chi connectivity index (χ3n) is 4.31. The molecule has 1 aromatic heterocycles. The second kappa shape index (κ2) is 5.31. The normalized spacial score (nSPS) is 17.0. The Balaban J connectivity index is 2.00. The number of rotatable bonds is 4. The number of hydrogen-bond donors (Lipinski definition) is 2. The number of nitrogens with one attached hydrogen (secondary N) is 1. The van der Waals surface area contributed by atoms with Crippen molar-refractivity contribution in [3.63, 3.8) is 0 Å². The highest BCUT2D eigenvalue weighted by atomic mass is 16.4. The largest absolute Gasteiger partial charge is 0.481 e. The van der Waals surface area contributed by atoms with Crippen LogP contribution in [0.5, 0.6) is 0 Å². The lowest BCUT2D eigenvalue weighted by Gasteiger charge is -2.29. The fraction of sp³-hybridized carbons (Fsp3) is 0.438. The minimum Gasteiger partial charge on any atom is -0.481 e. The van der Waals surface area contributed by atoms with Crippen LogP contribution in [0.25, 0.3) is 10.8 Å². The number of aromatic nitrogens is 2. The van der Waals surface area contributed by atoms with Gasteiger partial charge in [0.25, 0.3) is 0 Å². The highest BCUT2D eigenvalue weighted by Crippen LogP contribution is 2.37. The van der Waals surface area contributed by atoms with Crippen molar-refractivity contribution in [2.75, 3.05) is 5.32 Å². The Bertz CT molecular complexity index is 678. The lowest BCUT2D eigenvalue weighted by molar-refractivity contribution is -0.138. The van der Waals surface area contributed by atoms with Crippen LogP contribution in [-0.2, 0) is 4.79 Å². The SMILES string of the molecule is Cc1nnc(NC2(CC(=O)O)CCCC2)c2ccccc12. The van der Waals surface area contributed by atoms with E-state index in [9.17, 15) is 9.90 Å². The van der Waals surface area contributed by atoms with Gasteiger partial charge in [0.1, 0.15) is 0 Å². The molecule has 0 radical (unpaired) electrons. The van der Waals surface area contributed by atoms with Crippen molar-refractivity contribution >= 4 is 22.6 Å². The molecule has 0 saturated heterocycles. The molecular weight excluding hydrogens is 266 g/mol. The summed E-state index contributed by atoms with van der Waals surface area (Å²) in [7, 11) is 0. The highest BCUT2D eigenvalue weighted by Gasteiger charge is 2.36. The molecule has 0 spiro atoms. The zero-order valence-corrected chi connectivity index (χ0v) is 12.1. The van der Waals surface area contributed by atoms with E-state index in [1.807, 2.05) is 31.2 Å². The van der Waals surface area contributed by atoms with Crippen molar-refractivity contribution in [3.05, 3.63) is 30.0 Å². The van der Waals surface area contributed by atoms with Crippen LogP contribution in [0.4, 0.5) is 5.82 Å². The Morgan fingerprint density at radius 1 is 1.24 bits per heavy atom. The van der Waals surface area contributed by atoms with Gasteiger partial charge in [-0.25, -0.2) is 0 Å². The highest BCUT2D eigenvalue weighted by molar-refractivity contribution is 5.93. The van der Waals surface area contributed by atoms with E-state index in [2.05, 4.69) is 15.5 Å². The molecule has 1 aromatic carbocycles. The number of benzene rings is 1. The number of carboxylic acids is 1.